The Morgan fingerprint density at radius 1 is 0.722 bits per heavy atom. The van der Waals surface area contributed by atoms with E-state index in [1.54, 1.807) is 30.3 Å². The molecule has 0 saturated heterocycles. The van der Waals surface area contributed by atoms with Gasteiger partial charge in [0.2, 0.25) is 0 Å². The summed E-state index contributed by atoms with van der Waals surface area (Å²) in [6.45, 7) is 0. The van der Waals surface area contributed by atoms with Gasteiger partial charge in [0.1, 0.15) is 0 Å². The summed E-state index contributed by atoms with van der Waals surface area (Å²) in [7, 11) is 0. The van der Waals surface area contributed by atoms with Crippen LogP contribution >= 0.6 is 46.4 Å². The molecule has 6 heteroatoms. The minimum Gasteiger partial charge on any atom is -0.399 e. The lowest BCUT2D eigenvalue weighted by Crippen LogP contribution is -1.94. The van der Waals surface area contributed by atoms with Gasteiger partial charge in [0.05, 0.1) is 31.5 Å². The van der Waals surface area contributed by atoms with Gasteiger partial charge < -0.3 is 11.1 Å². The molecule has 0 saturated carbocycles. The molecule has 0 spiro atoms. The molecule has 2 nitrogen and oxygen atoms in total. The van der Waals surface area contributed by atoms with Crippen molar-refractivity contribution >= 4 is 63.5 Å². The zero-order valence-corrected chi connectivity index (χ0v) is 12.0. The molecule has 0 aliphatic carbocycles. The summed E-state index contributed by atoms with van der Waals surface area (Å²) in [5.74, 6) is 0. The van der Waals surface area contributed by atoms with Crippen LogP contribution in [0.3, 0.4) is 0 Å². The first-order valence-corrected chi connectivity index (χ1v) is 6.45. The summed E-state index contributed by atoms with van der Waals surface area (Å²) >= 11 is 23.9. The molecule has 0 atom stereocenters. The number of nitrogens with two attached hydrogens (primary N) is 1. The van der Waals surface area contributed by atoms with Crippen LogP contribution < -0.4 is 11.1 Å². The molecular weight excluding hydrogens is 314 g/mol. The second kappa shape index (κ2) is 5.45. The number of halogens is 4. The smallest absolute Gasteiger partial charge is 0.0661 e. The number of nitrogen functional groups attached to an aromatic ring is 1. The van der Waals surface area contributed by atoms with E-state index in [0.29, 0.717) is 37.2 Å². The van der Waals surface area contributed by atoms with Gasteiger partial charge in [-0.05, 0) is 30.3 Å². The van der Waals surface area contributed by atoms with Crippen molar-refractivity contribution in [3.05, 3.63) is 50.4 Å². The van der Waals surface area contributed by atoms with Crippen molar-refractivity contribution in [1.29, 1.82) is 0 Å². The van der Waals surface area contributed by atoms with E-state index in [1.165, 1.54) is 0 Å². The van der Waals surface area contributed by atoms with Crippen LogP contribution in [0.4, 0.5) is 17.1 Å². The van der Waals surface area contributed by atoms with Gasteiger partial charge in [0, 0.05) is 5.69 Å². The molecule has 0 unspecified atom stereocenters. The van der Waals surface area contributed by atoms with Crippen molar-refractivity contribution in [2.75, 3.05) is 11.1 Å². The quantitative estimate of drug-likeness (QED) is 0.556. The van der Waals surface area contributed by atoms with Crippen LogP contribution in [0.15, 0.2) is 30.3 Å². The predicted octanol–water partition coefficient (Wildman–Crippen LogP) is 5.63. The molecule has 0 fully saturated rings. The Morgan fingerprint density at radius 3 is 2.00 bits per heavy atom. The van der Waals surface area contributed by atoms with E-state index in [1.807, 2.05) is 0 Å². The Hall–Kier alpha value is -0.800. The van der Waals surface area contributed by atoms with Crippen molar-refractivity contribution in [3.63, 3.8) is 0 Å². The lowest BCUT2D eigenvalue weighted by atomic mass is 10.2. The maximum atomic E-state index is 6.06. The number of benzene rings is 2. The van der Waals surface area contributed by atoms with E-state index in [4.69, 9.17) is 52.1 Å². The normalized spacial score (nSPS) is 10.4. The molecule has 0 bridgehead atoms. The monoisotopic (exact) mass is 320 g/mol. The van der Waals surface area contributed by atoms with Crippen molar-refractivity contribution < 1.29 is 0 Å². The first-order valence-electron chi connectivity index (χ1n) is 4.94. The molecule has 0 amide bonds. The summed E-state index contributed by atoms with van der Waals surface area (Å²) in [6, 6.07) is 8.35. The van der Waals surface area contributed by atoms with E-state index in [-0.39, 0.29) is 0 Å². The summed E-state index contributed by atoms with van der Waals surface area (Å²) in [5, 5.41) is 4.84. The number of hydrogen-bond acceptors (Lipinski definition) is 2. The fraction of sp³-hybridized carbons (Fsp3) is 0. The van der Waals surface area contributed by atoms with Gasteiger partial charge in [-0.2, -0.15) is 0 Å². The number of anilines is 3. The van der Waals surface area contributed by atoms with Crippen LogP contribution in [0.1, 0.15) is 0 Å². The lowest BCUT2D eigenvalue weighted by molar-refractivity contribution is 1.55. The van der Waals surface area contributed by atoms with E-state index in [2.05, 4.69) is 5.32 Å². The lowest BCUT2D eigenvalue weighted by Gasteiger charge is -2.11. The SMILES string of the molecule is Nc1ccc(Nc2cc(Cl)c(Cl)cc2Cl)c(Cl)c1. The Labute approximate surface area is 125 Å². The summed E-state index contributed by atoms with van der Waals surface area (Å²) < 4.78 is 0. The fourth-order valence-electron chi connectivity index (χ4n) is 1.40. The minimum atomic E-state index is 0.399. The molecule has 18 heavy (non-hydrogen) atoms. The first kappa shape index (κ1) is 13.6. The van der Waals surface area contributed by atoms with Crippen molar-refractivity contribution in [3.8, 4) is 0 Å². The predicted molar refractivity (Wildman–Crippen MR) is 80.6 cm³/mol. The standard InChI is InChI=1S/C12H8Cl4N2/c13-7-4-10(16)12(5-8(7)14)18-11-2-1-6(17)3-9(11)15/h1-5,18H,17H2. The summed E-state index contributed by atoms with van der Waals surface area (Å²) in [6.07, 6.45) is 0. The zero-order chi connectivity index (χ0) is 13.3. The van der Waals surface area contributed by atoms with Gasteiger partial charge in [0.15, 0.2) is 0 Å². The van der Waals surface area contributed by atoms with Crippen molar-refractivity contribution in [2.24, 2.45) is 0 Å². The third kappa shape index (κ3) is 2.96. The van der Waals surface area contributed by atoms with Crippen LogP contribution in [0.25, 0.3) is 0 Å². The van der Waals surface area contributed by atoms with Crippen LogP contribution in [-0.2, 0) is 0 Å². The van der Waals surface area contributed by atoms with Gasteiger partial charge in [-0.25, -0.2) is 0 Å². The third-order valence-corrected chi connectivity index (χ3v) is 3.62. The molecule has 2 rings (SSSR count). The van der Waals surface area contributed by atoms with Crippen LogP contribution in [-0.4, -0.2) is 0 Å². The summed E-state index contributed by atoms with van der Waals surface area (Å²) in [5.41, 5.74) is 7.52. The van der Waals surface area contributed by atoms with E-state index in [9.17, 15) is 0 Å². The molecule has 2 aromatic rings. The van der Waals surface area contributed by atoms with E-state index < -0.39 is 0 Å². The molecule has 0 heterocycles. The maximum absolute atomic E-state index is 6.06. The fourth-order valence-corrected chi connectivity index (χ4v) is 2.23. The Kier molecular flexibility index (Phi) is 4.13. The first-order chi connectivity index (χ1) is 8.47. The highest BCUT2D eigenvalue weighted by atomic mass is 35.5. The largest absolute Gasteiger partial charge is 0.399 e. The highest BCUT2D eigenvalue weighted by molar-refractivity contribution is 6.44. The van der Waals surface area contributed by atoms with Crippen LogP contribution in [0, 0.1) is 0 Å². The van der Waals surface area contributed by atoms with Gasteiger partial charge in [-0.15, -0.1) is 0 Å². The van der Waals surface area contributed by atoms with Crippen LogP contribution in [0.5, 0.6) is 0 Å². The number of nitrogens with one attached hydrogen (secondary N) is 1. The molecule has 0 radical (unpaired) electrons. The molecule has 2 aromatic carbocycles. The third-order valence-electron chi connectivity index (χ3n) is 2.27. The topological polar surface area (TPSA) is 38.0 Å². The van der Waals surface area contributed by atoms with Gasteiger partial charge >= 0.3 is 0 Å². The Balaban J connectivity index is 2.37. The number of hydrogen-bond donors (Lipinski definition) is 2. The Morgan fingerprint density at radius 2 is 1.33 bits per heavy atom. The zero-order valence-electron chi connectivity index (χ0n) is 8.98. The second-order valence-electron chi connectivity index (χ2n) is 3.61. The molecule has 0 aromatic heterocycles. The van der Waals surface area contributed by atoms with Gasteiger partial charge in [0.25, 0.3) is 0 Å². The summed E-state index contributed by atoms with van der Waals surface area (Å²) in [4.78, 5) is 0. The average Bonchev–Trinajstić information content (AvgIpc) is 2.29. The Bertz CT molecular complexity index is 599. The average molecular weight is 322 g/mol. The highest BCUT2D eigenvalue weighted by Crippen LogP contribution is 2.35. The van der Waals surface area contributed by atoms with Crippen molar-refractivity contribution in [1.82, 2.24) is 0 Å². The molecule has 94 valence electrons. The minimum absolute atomic E-state index is 0.399. The van der Waals surface area contributed by atoms with Gasteiger partial charge in [-0.1, -0.05) is 46.4 Å². The second-order valence-corrected chi connectivity index (χ2v) is 5.24. The molecular formula is C12H8Cl4N2. The van der Waals surface area contributed by atoms with Gasteiger partial charge in [-0.3, -0.25) is 0 Å². The molecule has 0 aliphatic heterocycles. The van der Waals surface area contributed by atoms with E-state index in [0.717, 1.165) is 0 Å². The molecule has 0 aliphatic rings. The van der Waals surface area contributed by atoms with E-state index >= 15 is 0 Å². The number of rotatable bonds is 2. The van der Waals surface area contributed by atoms with Crippen LogP contribution in [0.2, 0.25) is 20.1 Å². The maximum Gasteiger partial charge on any atom is 0.0661 e. The highest BCUT2D eigenvalue weighted by Gasteiger charge is 2.08. The van der Waals surface area contributed by atoms with Crippen molar-refractivity contribution in [2.45, 2.75) is 0 Å². The molecule has 3 N–H and O–H groups in total.